The van der Waals surface area contributed by atoms with Gasteiger partial charge in [-0.3, -0.25) is 4.79 Å². The zero-order valence-corrected chi connectivity index (χ0v) is 14.0. The van der Waals surface area contributed by atoms with E-state index in [1.807, 2.05) is 6.07 Å². The smallest absolute Gasteiger partial charge is 0.275 e. The average molecular weight is 343 g/mol. The summed E-state index contributed by atoms with van der Waals surface area (Å²) in [7, 11) is 0. The summed E-state index contributed by atoms with van der Waals surface area (Å²) in [6, 6.07) is 14.8. The Hall–Kier alpha value is -2.33. The molecule has 0 atom stereocenters. The monoisotopic (exact) mass is 342 g/mol. The molecule has 1 aliphatic rings. The van der Waals surface area contributed by atoms with Crippen LogP contribution >= 0.6 is 11.6 Å². The molecule has 2 aromatic carbocycles. The first kappa shape index (κ1) is 16.5. The maximum absolute atomic E-state index is 12.1. The molecule has 124 valence electrons. The van der Waals surface area contributed by atoms with Crippen LogP contribution in [0.5, 0.6) is 5.75 Å². The second-order valence-corrected chi connectivity index (χ2v) is 6.40. The van der Waals surface area contributed by atoms with Crippen molar-refractivity contribution in [3.63, 3.8) is 0 Å². The molecule has 1 fully saturated rings. The van der Waals surface area contributed by atoms with Crippen molar-refractivity contribution in [1.29, 1.82) is 0 Å². The Morgan fingerprint density at radius 1 is 1.12 bits per heavy atom. The molecule has 1 aliphatic carbocycles. The third kappa shape index (κ3) is 3.95. The van der Waals surface area contributed by atoms with E-state index in [1.54, 1.807) is 0 Å². The molecule has 5 heteroatoms. The lowest BCUT2D eigenvalue weighted by Gasteiger charge is -2.23. The second kappa shape index (κ2) is 7.49. The molecule has 0 aromatic heterocycles. The first-order chi connectivity index (χ1) is 11.6. The summed E-state index contributed by atoms with van der Waals surface area (Å²) >= 11 is 5.86. The number of hydrazone groups is 1. The second-order valence-electron chi connectivity index (χ2n) is 5.97. The van der Waals surface area contributed by atoms with E-state index in [1.165, 1.54) is 23.8 Å². The van der Waals surface area contributed by atoms with Gasteiger partial charge in [-0.05, 0) is 55.4 Å². The Morgan fingerprint density at radius 2 is 1.83 bits per heavy atom. The topological polar surface area (TPSA) is 61.7 Å². The summed E-state index contributed by atoms with van der Waals surface area (Å²) in [6.45, 7) is 0. The van der Waals surface area contributed by atoms with Gasteiger partial charge in [0, 0.05) is 10.7 Å². The minimum Gasteiger partial charge on any atom is -0.507 e. The van der Waals surface area contributed by atoms with Gasteiger partial charge in [-0.2, -0.15) is 5.10 Å². The van der Waals surface area contributed by atoms with Crippen LogP contribution < -0.4 is 5.43 Å². The van der Waals surface area contributed by atoms with E-state index in [2.05, 4.69) is 34.8 Å². The molecule has 0 heterocycles. The minimum atomic E-state index is -0.451. The molecular formula is C19H19ClN2O2. The van der Waals surface area contributed by atoms with Crippen LogP contribution in [0.2, 0.25) is 5.02 Å². The highest BCUT2D eigenvalue weighted by Gasteiger charge is 2.19. The number of benzene rings is 2. The van der Waals surface area contributed by atoms with Gasteiger partial charge in [0.1, 0.15) is 5.75 Å². The lowest BCUT2D eigenvalue weighted by molar-refractivity contribution is 0.0952. The number of phenols is 1. The summed E-state index contributed by atoms with van der Waals surface area (Å²) in [5, 5.41) is 14.4. The fourth-order valence-electron chi connectivity index (χ4n) is 3.00. The van der Waals surface area contributed by atoms with E-state index in [9.17, 15) is 9.90 Å². The van der Waals surface area contributed by atoms with Crippen molar-refractivity contribution in [1.82, 2.24) is 5.43 Å². The van der Waals surface area contributed by atoms with Gasteiger partial charge in [-0.1, -0.05) is 41.9 Å². The molecule has 24 heavy (non-hydrogen) atoms. The summed E-state index contributed by atoms with van der Waals surface area (Å²) in [5.74, 6) is -0.00426. The van der Waals surface area contributed by atoms with Gasteiger partial charge in [0.25, 0.3) is 5.91 Å². The van der Waals surface area contributed by atoms with Crippen LogP contribution in [-0.2, 0) is 0 Å². The highest BCUT2D eigenvalue weighted by atomic mass is 35.5. The van der Waals surface area contributed by atoms with E-state index < -0.39 is 5.91 Å². The standard InChI is InChI=1S/C19H19ClN2O2/c20-15-8-11-18(23)17(12-15)19(24)22-21-16-9-6-14(7-10-16)13-4-2-1-3-5-13/h1-5,8,11-12,14,23H,6-7,9-10H2,(H,22,24). The lowest BCUT2D eigenvalue weighted by Crippen LogP contribution is -2.22. The number of nitrogens with zero attached hydrogens (tertiary/aromatic N) is 1. The number of amides is 1. The van der Waals surface area contributed by atoms with E-state index >= 15 is 0 Å². The predicted molar refractivity (Wildman–Crippen MR) is 95.7 cm³/mol. The predicted octanol–water partition coefficient (Wildman–Crippen LogP) is 4.49. The molecule has 1 saturated carbocycles. The first-order valence-corrected chi connectivity index (χ1v) is 8.40. The van der Waals surface area contributed by atoms with Crippen LogP contribution in [0.25, 0.3) is 0 Å². The van der Waals surface area contributed by atoms with Gasteiger partial charge in [-0.15, -0.1) is 0 Å². The molecule has 0 aliphatic heterocycles. The van der Waals surface area contributed by atoms with E-state index in [0.717, 1.165) is 31.4 Å². The number of halogens is 1. The van der Waals surface area contributed by atoms with Crippen molar-refractivity contribution in [2.24, 2.45) is 5.10 Å². The summed E-state index contributed by atoms with van der Waals surface area (Å²) in [6.07, 6.45) is 3.78. The van der Waals surface area contributed by atoms with E-state index in [0.29, 0.717) is 10.9 Å². The molecule has 0 bridgehead atoms. The van der Waals surface area contributed by atoms with Crippen LogP contribution in [-0.4, -0.2) is 16.7 Å². The SMILES string of the molecule is O=C(NN=C1CCC(c2ccccc2)CC1)c1cc(Cl)ccc1O. The van der Waals surface area contributed by atoms with Gasteiger partial charge in [0.05, 0.1) is 5.56 Å². The number of aromatic hydroxyl groups is 1. The fraction of sp³-hybridized carbons (Fsp3) is 0.263. The summed E-state index contributed by atoms with van der Waals surface area (Å²) < 4.78 is 0. The zero-order valence-electron chi connectivity index (χ0n) is 13.2. The van der Waals surface area contributed by atoms with Gasteiger partial charge in [0.15, 0.2) is 0 Å². The highest BCUT2D eigenvalue weighted by molar-refractivity contribution is 6.31. The normalized spacial score (nSPS) is 17.4. The molecule has 0 spiro atoms. The molecule has 0 saturated heterocycles. The molecule has 3 rings (SSSR count). The number of nitrogens with one attached hydrogen (secondary N) is 1. The fourth-order valence-corrected chi connectivity index (χ4v) is 3.17. The lowest BCUT2D eigenvalue weighted by atomic mass is 9.83. The zero-order chi connectivity index (χ0) is 16.9. The van der Waals surface area contributed by atoms with Crippen molar-refractivity contribution in [3.8, 4) is 5.75 Å². The van der Waals surface area contributed by atoms with Crippen LogP contribution in [0.1, 0.15) is 47.5 Å². The largest absolute Gasteiger partial charge is 0.507 e. The number of carbonyl (C=O) groups is 1. The van der Waals surface area contributed by atoms with Gasteiger partial charge >= 0.3 is 0 Å². The first-order valence-electron chi connectivity index (χ1n) is 8.02. The molecule has 1 amide bonds. The van der Waals surface area contributed by atoms with Crippen LogP contribution in [0.15, 0.2) is 53.6 Å². The van der Waals surface area contributed by atoms with Crippen molar-refractivity contribution < 1.29 is 9.90 Å². The number of rotatable bonds is 3. The van der Waals surface area contributed by atoms with Gasteiger partial charge in [-0.25, -0.2) is 5.43 Å². The van der Waals surface area contributed by atoms with Crippen molar-refractivity contribution in [3.05, 3.63) is 64.7 Å². The molecule has 0 unspecified atom stereocenters. The molecule has 2 N–H and O–H groups in total. The number of phenolic OH excluding ortho intramolecular Hbond substituents is 1. The Kier molecular flexibility index (Phi) is 5.16. The average Bonchev–Trinajstić information content (AvgIpc) is 2.63. The Morgan fingerprint density at radius 3 is 2.54 bits per heavy atom. The Balaban J connectivity index is 1.58. The van der Waals surface area contributed by atoms with E-state index in [-0.39, 0.29) is 11.3 Å². The van der Waals surface area contributed by atoms with Gasteiger partial charge in [0.2, 0.25) is 0 Å². The summed E-state index contributed by atoms with van der Waals surface area (Å²) in [4.78, 5) is 12.1. The van der Waals surface area contributed by atoms with Crippen LogP contribution in [0, 0.1) is 0 Å². The maximum atomic E-state index is 12.1. The quantitative estimate of drug-likeness (QED) is 0.807. The van der Waals surface area contributed by atoms with Crippen molar-refractivity contribution >= 4 is 23.2 Å². The molecule has 2 aromatic rings. The number of carbonyl (C=O) groups excluding carboxylic acids is 1. The van der Waals surface area contributed by atoms with Crippen molar-refractivity contribution in [2.45, 2.75) is 31.6 Å². The Labute approximate surface area is 146 Å². The van der Waals surface area contributed by atoms with Crippen molar-refractivity contribution in [2.75, 3.05) is 0 Å². The van der Waals surface area contributed by atoms with E-state index in [4.69, 9.17) is 11.6 Å². The van der Waals surface area contributed by atoms with Crippen LogP contribution in [0.4, 0.5) is 0 Å². The minimum absolute atomic E-state index is 0.107. The third-order valence-corrected chi connectivity index (χ3v) is 4.59. The third-order valence-electron chi connectivity index (χ3n) is 4.35. The molecule has 0 radical (unpaired) electrons. The number of hydrogen-bond acceptors (Lipinski definition) is 3. The molecule has 4 nitrogen and oxygen atoms in total. The van der Waals surface area contributed by atoms with Gasteiger partial charge < -0.3 is 5.11 Å². The number of hydrogen-bond donors (Lipinski definition) is 2. The Bertz CT molecular complexity index is 749. The highest BCUT2D eigenvalue weighted by Crippen LogP contribution is 2.31. The van der Waals surface area contributed by atoms with Crippen LogP contribution in [0.3, 0.4) is 0 Å². The maximum Gasteiger partial charge on any atom is 0.275 e. The summed E-state index contributed by atoms with van der Waals surface area (Å²) in [5.41, 5.74) is 5.00. The molecular weight excluding hydrogens is 324 g/mol.